The van der Waals surface area contributed by atoms with E-state index in [0.717, 1.165) is 6.29 Å². The molecular weight excluding hydrogens is 748 g/mol. The van der Waals surface area contributed by atoms with Crippen LogP contribution in [0.15, 0.2) is 24.5 Å². The number of amides is 1. The molecule has 1 amide bonds. The fraction of sp³-hybridized carbons (Fsp3) is 0.756. The molecule has 3 saturated heterocycles. The van der Waals surface area contributed by atoms with Crippen LogP contribution in [0.3, 0.4) is 0 Å². The molecule has 2 aromatic rings. The first-order valence-corrected chi connectivity index (χ1v) is 20.8. The molecule has 3 fully saturated rings. The minimum absolute atomic E-state index is 0.0129. The Kier molecular flexibility index (Phi) is 15.5. The number of ketones is 1. The Labute approximate surface area is 341 Å². The highest BCUT2D eigenvalue weighted by molar-refractivity contribution is 6.00. The number of Topliss-reactive ketones (excluding diaryl/α,β-unsaturated/α-hetero) is 1. The smallest absolute Gasteiger partial charge is 0.410 e. The van der Waals surface area contributed by atoms with Gasteiger partial charge in [0, 0.05) is 43.7 Å². The van der Waals surface area contributed by atoms with E-state index in [1.807, 2.05) is 52.0 Å². The third-order valence-corrected chi connectivity index (χ3v) is 12.3. The molecule has 2 aromatic heterocycles. The Morgan fingerprint density at radius 2 is 1.81 bits per heavy atom. The molecule has 5 rings (SSSR count). The van der Waals surface area contributed by atoms with Crippen LogP contribution in [0.4, 0.5) is 4.79 Å². The number of hydrogen-bond donors (Lipinski definition) is 2. The molecule has 3 aliphatic rings. The number of fused-ring (bicyclic) bond motifs is 1. The number of cyclic esters (lactones) is 1. The van der Waals surface area contributed by atoms with E-state index in [2.05, 4.69) is 32.7 Å². The van der Waals surface area contributed by atoms with Gasteiger partial charge in [0.05, 0.1) is 24.4 Å². The van der Waals surface area contributed by atoms with Crippen LogP contribution in [0.2, 0.25) is 0 Å². The molecule has 17 heteroatoms. The highest BCUT2D eigenvalue weighted by Gasteiger charge is 2.58. The van der Waals surface area contributed by atoms with Crippen molar-refractivity contribution in [3.8, 4) is 11.4 Å². The minimum atomic E-state index is -1.25. The largest absolute Gasteiger partial charge is 0.458 e. The zero-order valence-electron chi connectivity index (χ0n) is 35.5. The van der Waals surface area contributed by atoms with Crippen LogP contribution in [-0.2, 0) is 39.9 Å². The van der Waals surface area contributed by atoms with Crippen molar-refractivity contribution >= 4 is 24.1 Å². The summed E-state index contributed by atoms with van der Waals surface area (Å²) in [6, 6.07) is 2.51. The van der Waals surface area contributed by atoms with E-state index in [-0.39, 0.29) is 30.5 Å². The standard InChI is InChI=1S/C41H64N8O9/c1-10-33-41(7)37(49(40(54)58-41)18-12-11-17-48-23-31(45-46-48)30-14-13-16-43-44-30)28(6)42-22-24(2)20-29(15-19-50)36(26(4)34(51)27(5)38(53)56-33)57-39-35(52)32(47(8)9)21-25(3)55-39/h13-14,16,19,23-29,32-33,35-37,39,42,52H,10-12,15,17-18,20-22H2,1-9H3/t24-,25-,26+,27-,28-,29+,32?,33-,35?,36-,37-,39+,41-/m1/s1. The summed E-state index contributed by atoms with van der Waals surface area (Å²) < 4.78 is 26.8. The van der Waals surface area contributed by atoms with Gasteiger partial charge in [0.15, 0.2) is 17.7 Å². The van der Waals surface area contributed by atoms with Crippen molar-refractivity contribution in [3.05, 3.63) is 24.5 Å². The summed E-state index contributed by atoms with van der Waals surface area (Å²) in [4.78, 5) is 57.8. The Balaban J connectivity index is 1.37. The molecule has 322 valence electrons. The SMILES string of the molecule is CC[C@H]1OC(=O)[C@H](C)C(=O)[C@H](C)[C@@H](O[C@@H]2O[C@H](C)CC(N(C)C)C2O)[C@@H](CC=O)C[C@@H](C)CN[C@H](C)[C@H]2N(CCCCn3cc(-c4cccnn4)nn3)C(=O)O[C@]12C. The lowest BCUT2D eigenvalue weighted by atomic mass is 9.79. The van der Waals surface area contributed by atoms with E-state index in [4.69, 9.17) is 18.9 Å². The van der Waals surface area contributed by atoms with Crippen LogP contribution in [0.5, 0.6) is 0 Å². The number of aromatic nitrogens is 5. The lowest BCUT2D eigenvalue weighted by Crippen LogP contribution is -2.60. The van der Waals surface area contributed by atoms with Gasteiger partial charge in [-0.15, -0.1) is 10.2 Å². The predicted molar refractivity (Wildman–Crippen MR) is 212 cm³/mol. The number of rotatable bonds is 12. The van der Waals surface area contributed by atoms with Crippen LogP contribution < -0.4 is 5.32 Å². The number of unbranched alkanes of at least 4 members (excludes halogenated alkanes) is 1. The zero-order valence-corrected chi connectivity index (χ0v) is 35.5. The van der Waals surface area contributed by atoms with E-state index >= 15 is 0 Å². The monoisotopic (exact) mass is 812 g/mol. The summed E-state index contributed by atoms with van der Waals surface area (Å²) in [5.41, 5.74) is -0.00220. The van der Waals surface area contributed by atoms with E-state index in [0.29, 0.717) is 63.1 Å². The number of aldehydes is 1. The van der Waals surface area contributed by atoms with Crippen molar-refractivity contribution in [1.29, 1.82) is 0 Å². The van der Waals surface area contributed by atoms with Gasteiger partial charge < -0.3 is 39.1 Å². The summed E-state index contributed by atoms with van der Waals surface area (Å²) in [6.07, 6.45) is 2.57. The lowest BCUT2D eigenvalue weighted by molar-refractivity contribution is -0.278. The molecule has 0 saturated carbocycles. The zero-order chi connectivity index (χ0) is 42.3. The van der Waals surface area contributed by atoms with Crippen LogP contribution >= 0.6 is 0 Å². The Morgan fingerprint density at radius 1 is 1.07 bits per heavy atom. The molecule has 0 spiro atoms. The maximum atomic E-state index is 14.3. The third kappa shape index (κ3) is 10.3. The van der Waals surface area contributed by atoms with Crippen LogP contribution in [0, 0.1) is 23.7 Å². The Morgan fingerprint density at radius 3 is 2.48 bits per heavy atom. The van der Waals surface area contributed by atoms with E-state index in [1.54, 1.807) is 35.7 Å². The van der Waals surface area contributed by atoms with Gasteiger partial charge in [0.1, 0.15) is 35.8 Å². The number of aliphatic hydroxyl groups excluding tert-OH is 1. The van der Waals surface area contributed by atoms with Gasteiger partial charge in [0.25, 0.3) is 0 Å². The first-order valence-electron chi connectivity index (χ1n) is 20.8. The number of carbonyl (C=O) groups excluding carboxylic acids is 4. The van der Waals surface area contributed by atoms with Crippen molar-refractivity contribution in [3.63, 3.8) is 0 Å². The minimum Gasteiger partial charge on any atom is -0.458 e. The fourth-order valence-corrected chi connectivity index (χ4v) is 9.06. The van der Waals surface area contributed by atoms with Gasteiger partial charge in [0.2, 0.25) is 0 Å². The quantitative estimate of drug-likeness (QED) is 0.137. The number of hydrogen-bond acceptors (Lipinski definition) is 15. The van der Waals surface area contributed by atoms with Crippen molar-refractivity contribution in [1.82, 2.24) is 40.3 Å². The highest BCUT2D eigenvalue weighted by atomic mass is 16.7. The average Bonchev–Trinajstić information content (AvgIpc) is 3.78. The van der Waals surface area contributed by atoms with Gasteiger partial charge in [-0.1, -0.05) is 26.0 Å². The number of ether oxygens (including phenoxy) is 4. The topological polar surface area (TPSA) is 200 Å². The molecule has 2 N–H and O–H groups in total. The van der Waals surface area contributed by atoms with Crippen molar-refractivity contribution in [2.45, 2.75) is 148 Å². The Hall–Kier alpha value is -3.90. The number of likely N-dealkylation sites (N-methyl/N-ethyl adjacent to an activating group) is 1. The second-order valence-electron chi connectivity index (χ2n) is 17.0. The maximum absolute atomic E-state index is 14.3. The van der Waals surface area contributed by atoms with Crippen LogP contribution in [-0.4, -0.2) is 146 Å². The van der Waals surface area contributed by atoms with E-state index in [9.17, 15) is 24.3 Å². The van der Waals surface area contributed by atoms with Crippen LogP contribution in [0.25, 0.3) is 11.4 Å². The summed E-state index contributed by atoms with van der Waals surface area (Å²) in [5.74, 6) is -3.66. The van der Waals surface area contributed by atoms with Gasteiger partial charge in [-0.2, -0.15) is 5.10 Å². The lowest BCUT2D eigenvalue weighted by Gasteiger charge is -2.44. The molecule has 0 bridgehead atoms. The molecule has 17 nitrogen and oxygen atoms in total. The second kappa shape index (κ2) is 19.9. The van der Waals surface area contributed by atoms with E-state index < -0.39 is 71.8 Å². The molecule has 13 atom stereocenters. The maximum Gasteiger partial charge on any atom is 0.410 e. The number of nitrogens with one attached hydrogen (secondary N) is 1. The Bertz CT molecular complexity index is 1680. The number of carbonyl (C=O) groups is 4. The molecule has 2 unspecified atom stereocenters. The molecule has 0 aromatic carbocycles. The molecule has 5 heterocycles. The molecule has 58 heavy (non-hydrogen) atoms. The molecule has 0 radical (unpaired) electrons. The van der Waals surface area contributed by atoms with Gasteiger partial charge >= 0.3 is 12.1 Å². The van der Waals surface area contributed by atoms with Crippen LogP contribution in [0.1, 0.15) is 87.0 Å². The second-order valence-corrected chi connectivity index (χ2v) is 17.0. The van der Waals surface area contributed by atoms with Gasteiger partial charge in [-0.05, 0) is 104 Å². The number of aryl methyl sites for hydroxylation is 1. The molecular formula is C41H64N8O9. The normalized spacial score (nSPS) is 35.5. The summed E-state index contributed by atoms with van der Waals surface area (Å²) in [6.45, 7) is 14.3. The predicted octanol–water partition coefficient (Wildman–Crippen LogP) is 3.29. The number of aliphatic hydroxyl groups is 1. The van der Waals surface area contributed by atoms with Crippen molar-refractivity contribution < 1.29 is 43.2 Å². The number of nitrogens with zero attached hydrogens (tertiary/aromatic N) is 7. The first-order chi connectivity index (χ1) is 27.6. The highest BCUT2D eigenvalue weighted by Crippen LogP contribution is 2.39. The van der Waals surface area contributed by atoms with Crippen molar-refractivity contribution in [2.24, 2.45) is 23.7 Å². The van der Waals surface area contributed by atoms with Crippen molar-refractivity contribution in [2.75, 3.05) is 27.2 Å². The van der Waals surface area contributed by atoms with Gasteiger partial charge in [-0.25, -0.2) is 4.79 Å². The van der Waals surface area contributed by atoms with E-state index in [1.165, 1.54) is 6.92 Å². The third-order valence-electron chi connectivity index (χ3n) is 12.3. The summed E-state index contributed by atoms with van der Waals surface area (Å²) in [5, 5.41) is 31.5. The molecule has 0 aliphatic carbocycles. The average molecular weight is 813 g/mol. The number of esters is 1. The first kappa shape index (κ1) is 45.2. The molecule has 3 aliphatic heterocycles. The fourth-order valence-electron chi connectivity index (χ4n) is 9.06. The van der Waals surface area contributed by atoms with Gasteiger partial charge in [-0.3, -0.25) is 19.2 Å². The summed E-state index contributed by atoms with van der Waals surface area (Å²) >= 11 is 0. The summed E-state index contributed by atoms with van der Waals surface area (Å²) in [7, 11) is 3.77.